The predicted octanol–water partition coefficient (Wildman–Crippen LogP) is 1.17. The lowest BCUT2D eigenvalue weighted by atomic mass is 10.1. The molecule has 1 aromatic carbocycles. The van der Waals surface area contributed by atoms with Crippen LogP contribution in [0.5, 0.6) is 0 Å². The van der Waals surface area contributed by atoms with E-state index in [1.54, 1.807) is 13.0 Å². The van der Waals surface area contributed by atoms with Crippen LogP contribution >= 0.6 is 0 Å². The second-order valence-corrected chi connectivity index (χ2v) is 4.42. The summed E-state index contributed by atoms with van der Waals surface area (Å²) in [5, 5.41) is 19.9. The van der Waals surface area contributed by atoms with Crippen LogP contribution in [-0.2, 0) is 0 Å². The van der Waals surface area contributed by atoms with E-state index in [9.17, 15) is 20.2 Å². The molecular weight excluding hydrogens is 288 g/mol. The number of benzene rings is 1. The fraction of sp³-hybridized carbons (Fsp3) is 0.154. The summed E-state index contributed by atoms with van der Waals surface area (Å²) in [5.74, 6) is 0.149. The summed E-state index contributed by atoms with van der Waals surface area (Å²) < 4.78 is 0. The summed E-state index contributed by atoms with van der Waals surface area (Å²) in [4.78, 5) is 28.0. The van der Waals surface area contributed by atoms with Crippen LogP contribution in [0.25, 0.3) is 0 Å². The lowest BCUT2D eigenvalue weighted by molar-refractivity contribution is -0.384. The minimum atomic E-state index is -0.856. The van der Waals surface area contributed by atoms with Crippen molar-refractivity contribution in [3.63, 3.8) is 0 Å². The molecule has 0 aliphatic heterocycles. The van der Waals surface area contributed by atoms with Gasteiger partial charge in [-0.15, -0.1) is 0 Å². The molecule has 2 aromatic rings. The number of nitro benzene ring substituents is 1. The van der Waals surface area contributed by atoms with Gasteiger partial charge in [-0.25, -0.2) is 10.4 Å². The van der Waals surface area contributed by atoms with E-state index in [4.69, 9.17) is 0 Å². The van der Waals surface area contributed by atoms with Gasteiger partial charge < -0.3 is 0 Å². The zero-order valence-electron chi connectivity index (χ0n) is 11.5. The predicted molar refractivity (Wildman–Crippen MR) is 77.8 cm³/mol. The fourth-order valence-electron chi connectivity index (χ4n) is 1.79. The molecule has 0 fully saturated rings. The summed E-state index contributed by atoms with van der Waals surface area (Å²) in [6.45, 7) is 1.66. The highest BCUT2D eigenvalue weighted by Gasteiger charge is 2.14. The Balaban J connectivity index is 2.16. The molecule has 9 heteroatoms. The molecule has 22 heavy (non-hydrogen) atoms. The molecule has 1 unspecified atom stereocenters. The molecule has 0 aliphatic rings. The van der Waals surface area contributed by atoms with Gasteiger partial charge >= 0.3 is 0 Å². The summed E-state index contributed by atoms with van der Waals surface area (Å²) >= 11 is 0. The minimum Gasteiger partial charge on any atom is -0.292 e. The van der Waals surface area contributed by atoms with Crippen molar-refractivity contribution < 1.29 is 4.92 Å². The molecule has 2 rings (SSSR count). The molecule has 112 valence electrons. The van der Waals surface area contributed by atoms with Gasteiger partial charge in [0.05, 0.1) is 11.0 Å². The van der Waals surface area contributed by atoms with Gasteiger partial charge in [0.1, 0.15) is 6.04 Å². The molecule has 0 saturated carbocycles. The van der Waals surface area contributed by atoms with Crippen LogP contribution in [0, 0.1) is 28.4 Å². The Labute approximate surface area is 124 Å². The van der Waals surface area contributed by atoms with Gasteiger partial charge in [-0.1, -0.05) is 12.1 Å². The Morgan fingerprint density at radius 1 is 1.45 bits per heavy atom. The third-order valence-electron chi connectivity index (χ3n) is 2.75. The molecule has 0 aliphatic carbocycles. The molecule has 0 bridgehead atoms. The van der Waals surface area contributed by atoms with Crippen molar-refractivity contribution in [2.75, 3.05) is 5.43 Å². The number of aryl methyl sites for hydroxylation is 1. The Kier molecular flexibility index (Phi) is 4.45. The molecule has 0 radical (unpaired) electrons. The van der Waals surface area contributed by atoms with Gasteiger partial charge in [-0.05, 0) is 12.5 Å². The first-order valence-corrected chi connectivity index (χ1v) is 6.23. The highest BCUT2D eigenvalue weighted by Crippen LogP contribution is 2.18. The van der Waals surface area contributed by atoms with Crippen LogP contribution < -0.4 is 16.4 Å². The average molecular weight is 300 g/mol. The first-order valence-electron chi connectivity index (χ1n) is 6.23. The first kappa shape index (κ1) is 15.1. The molecule has 0 saturated heterocycles. The Morgan fingerprint density at radius 3 is 2.86 bits per heavy atom. The van der Waals surface area contributed by atoms with E-state index in [1.807, 2.05) is 6.07 Å². The number of anilines is 1. The summed E-state index contributed by atoms with van der Waals surface area (Å²) in [5.41, 5.74) is 5.76. The number of rotatable bonds is 5. The molecule has 9 nitrogen and oxygen atoms in total. The highest BCUT2D eigenvalue weighted by atomic mass is 16.6. The van der Waals surface area contributed by atoms with Gasteiger partial charge in [-0.2, -0.15) is 5.26 Å². The number of hydrogen-bond donors (Lipinski definition) is 3. The number of hydrazine groups is 1. The average Bonchev–Trinajstić information content (AvgIpc) is 2.47. The molecule has 0 spiro atoms. The number of aromatic nitrogens is 2. The largest absolute Gasteiger partial charge is 0.292 e. The van der Waals surface area contributed by atoms with Gasteiger partial charge in [0.15, 0.2) is 0 Å². The van der Waals surface area contributed by atoms with Crippen LogP contribution in [-0.4, -0.2) is 14.9 Å². The van der Waals surface area contributed by atoms with Crippen molar-refractivity contribution >= 4 is 11.6 Å². The maximum absolute atomic E-state index is 11.3. The van der Waals surface area contributed by atoms with Gasteiger partial charge in [0, 0.05) is 23.9 Å². The number of aromatic amines is 1. The van der Waals surface area contributed by atoms with Gasteiger partial charge in [-0.3, -0.25) is 25.3 Å². The second-order valence-electron chi connectivity index (χ2n) is 4.42. The third-order valence-corrected chi connectivity index (χ3v) is 2.75. The maximum Gasteiger partial charge on any atom is 0.269 e. The van der Waals surface area contributed by atoms with Crippen LogP contribution in [0.15, 0.2) is 35.1 Å². The Bertz CT molecular complexity index is 795. The minimum absolute atomic E-state index is 0.110. The zero-order chi connectivity index (χ0) is 16.1. The van der Waals surface area contributed by atoms with E-state index in [0.717, 1.165) is 0 Å². The van der Waals surface area contributed by atoms with Crippen LogP contribution in [0.4, 0.5) is 11.6 Å². The number of nitro groups is 1. The number of nitrogens with zero attached hydrogens (tertiary/aromatic N) is 3. The van der Waals surface area contributed by atoms with E-state index in [0.29, 0.717) is 11.3 Å². The van der Waals surface area contributed by atoms with Gasteiger partial charge in [0.2, 0.25) is 5.95 Å². The van der Waals surface area contributed by atoms with E-state index < -0.39 is 11.0 Å². The van der Waals surface area contributed by atoms with Crippen molar-refractivity contribution in [3.05, 3.63) is 62.1 Å². The number of nitrogens with one attached hydrogen (secondary N) is 3. The Morgan fingerprint density at radius 2 is 2.23 bits per heavy atom. The zero-order valence-corrected chi connectivity index (χ0v) is 11.5. The molecule has 1 heterocycles. The van der Waals surface area contributed by atoms with E-state index in [2.05, 4.69) is 20.8 Å². The number of nitriles is 1. The van der Waals surface area contributed by atoms with E-state index >= 15 is 0 Å². The van der Waals surface area contributed by atoms with Crippen molar-refractivity contribution in [3.8, 4) is 6.07 Å². The number of hydrogen-bond acceptors (Lipinski definition) is 7. The van der Waals surface area contributed by atoms with E-state index in [1.165, 1.54) is 24.3 Å². The second kappa shape index (κ2) is 6.47. The summed E-state index contributed by atoms with van der Waals surface area (Å²) in [6, 6.07) is 8.16. The molecule has 0 amide bonds. The summed E-state index contributed by atoms with van der Waals surface area (Å²) in [7, 11) is 0. The molecule has 3 N–H and O–H groups in total. The van der Waals surface area contributed by atoms with Gasteiger partial charge in [0.25, 0.3) is 11.2 Å². The molecular formula is C13H12N6O3. The maximum atomic E-state index is 11.3. The van der Waals surface area contributed by atoms with Crippen molar-refractivity contribution in [1.29, 1.82) is 5.26 Å². The number of H-pyrrole nitrogens is 1. The van der Waals surface area contributed by atoms with E-state index in [-0.39, 0.29) is 17.2 Å². The molecule has 1 atom stereocenters. The normalized spacial score (nSPS) is 11.5. The quantitative estimate of drug-likeness (QED) is 0.556. The van der Waals surface area contributed by atoms with Crippen molar-refractivity contribution in [2.24, 2.45) is 0 Å². The molecule has 1 aromatic heterocycles. The lowest BCUT2D eigenvalue weighted by Gasteiger charge is -2.13. The topological polar surface area (TPSA) is 137 Å². The monoisotopic (exact) mass is 300 g/mol. The van der Waals surface area contributed by atoms with Crippen LogP contribution in [0.1, 0.15) is 17.3 Å². The third kappa shape index (κ3) is 3.65. The highest BCUT2D eigenvalue weighted by molar-refractivity contribution is 5.38. The smallest absolute Gasteiger partial charge is 0.269 e. The van der Waals surface area contributed by atoms with Crippen molar-refractivity contribution in [1.82, 2.24) is 15.4 Å². The summed E-state index contributed by atoms with van der Waals surface area (Å²) in [6.07, 6.45) is 0. The fourth-order valence-corrected chi connectivity index (χ4v) is 1.79. The van der Waals surface area contributed by atoms with Crippen LogP contribution in [0.3, 0.4) is 0 Å². The number of non-ortho nitro benzene ring substituents is 1. The van der Waals surface area contributed by atoms with Crippen molar-refractivity contribution in [2.45, 2.75) is 13.0 Å². The lowest BCUT2D eigenvalue weighted by Crippen LogP contribution is -2.28. The Hall–Kier alpha value is -3.25. The van der Waals surface area contributed by atoms with Crippen LogP contribution in [0.2, 0.25) is 0 Å². The standard InChI is InChI=1S/C13H12N6O3/c1-8-5-12(20)16-13(15-8)18-17-11(7-14)9-3-2-4-10(6-9)19(21)22/h2-6,11,17H,1H3,(H2,15,16,18,20). The SMILES string of the molecule is Cc1cc(=O)[nH]c(NNC(C#N)c2cccc([N+](=O)[O-])c2)n1. The first-order chi connectivity index (χ1) is 10.5.